The first-order valence-corrected chi connectivity index (χ1v) is 8.66. The van der Waals surface area contributed by atoms with Crippen LogP contribution in [0, 0.1) is 6.92 Å². The molecule has 1 aromatic heterocycles. The van der Waals surface area contributed by atoms with Crippen LogP contribution in [0.5, 0.6) is 0 Å². The van der Waals surface area contributed by atoms with Crippen molar-refractivity contribution in [3.05, 3.63) is 58.7 Å². The fourth-order valence-corrected chi connectivity index (χ4v) is 3.80. The SMILES string of the molecule is Cc1nc(C2CNCCN2Cc2ccccc2)nc2c1CCC2. The van der Waals surface area contributed by atoms with Crippen LogP contribution in [0.3, 0.4) is 0 Å². The van der Waals surface area contributed by atoms with Gasteiger partial charge in [-0.1, -0.05) is 30.3 Å². The van der Waals surface area contributed by atoms with Gasteiger partial charge in [0, 0.05) is 37.6 Å². The number of benzene rings is 1. The van der Waals surface area contributed by atoms with Crippen molar-refractivity contribution < 1.29 is 0 Å². The van der Waals surface area contributed by atoms with Crippen molar-refractivity contribution in [1.82, 2.24) is 20.2 Å². The molecular weight excluding hydrogens is 284 g/mol. The third kappa shape index (κ3) is 3.01. The molecule has 0 spiro atoms. The average molecular weight is 308 g/mol. The van der Waals surface area contributed by atoms with E-state index in [2.05, 4.69) is 47.5 Å². The lowest BCUT2D eigenvalue weighted by Crippen LogP contribution is -2.46. The Hall–Kier alpha value is -1.78. The van der Waals surface area contributed by atoms with Crippen LogP contribution in [0.4, 0.5) is 0 Å². The predicted molar refractivity (Wildman–Crippen MR) is 91.3 cm³/mol. The van der Waals surface area contributed by atoms with E-state index in [4.69, 9.17) is 9.97 Å². The monoisotopic (exact) mass is 308 g/mol. The second kappa shape index (κ2) is 6.38. The first kappa shape index (κ1) is 14.8. The van der Waals surface area contributed by atoms with Crippen molar-refractivity contribution in [2.24, 2.45) is 0 Å². The lowest BCUT2D eigenvalue weighted by atomic mass is 10.1. The third-order valence-electron chi connectivity index (χ3n) is 5.04. The molecule has 2 aromatic rings. The summed E-state index contributed by atoms with van der Waals surface area (Å²) in [6.07, 6.45) is 3.49. The molecule has 4 nitrogen and oxygen atoms in total. The number of nitrogens with one attached hydrogen (secondary N) is 1. The zero-order valence-electron chi connectivity index (χ0n) is 13.8. The van der Waals surface area contributed by atoms with E-state index in [0.717, 1.165) is 44.8 Å². The highest BCUT2D eigenvalue weighted by molar-refractivity contribution is 5.30. The second-order valence-corrected chi connectivity index (χ2v) is 6.62. The minimum absolute atomic E-state index is 0.272. The summed E-state index contributed by atoms with van der Waals surface area (Å²) in [5.74, 6) is 1.01. The van der Waals surface area contributed by atoms with Crippen LogP contribution in [0.15, 0.2) is 30.3 Å². The van der Waals surface area contributed by atoms with Crippen molar-refractivity contribution in [3.63, 3.8) is 0 Å². The van der Waals surface area contributed by atoms with Gasteiger partial charge in [0.25, 0.3) is 0 Å². The summed E-state index contributed by atoms with van der Waals surface area (Å²) in [6.45, 7) is 6.12. The number of nitrogens with zero attached hydrogens (tertiary/aromatic N) is 3. The standard InChI is InChI=1S/C19H24N4/c1-14-16-8-5-9-17(16)22-19(21-14)18-12-20-10-11-23(18)13-15-6-3-2-4-7-15/h2-4,6-7,18,20H,5,8-13H2,1H3. The van der Waals surface area contributed by atoms with Crippen LogP contribution < -0.4 is 5.32 Å². The molecule has 1 saturated heterocycles. The maximum Gasteiger partial charge on any atom is 0.147 e. The van der Waals surface area contributed by atoms with Gasteiger partial charge in [0.1, 0.15) is 5.82 Å². The van der Waals surface area contributed by atoms with E-state index in [1.807, 2.05) is 0 Å². The molecule has 23 heavy (non-hydrogen) atoms. The van der Waals surface area contributed by atoms with Gasteiger partial charge in [-0.25, -0.2) is 9.97 Å². The van der Waals surface area contributed by atoms with Crippen molar-refractivity contribution in [2.45, 2.75) is 38.8 Å². The summed E-state index contributed by atoms with van der Waals surface area (Å²) < 4.78 is 0. The number of fused-ring (bicyclic) bond motifs is 1. The summed E-state index contributed by atoms with van der Waals surface area (Å²) in [6, 6.07) is 11.0. The Morgan fingerprint density at radius 3 is 2.91 bits per heavy atom. The number of hydrogen-bond donors (Lipinski definition) is 1. The Bertz CT molecular complexity index is 683. The highest BCUT2D eigenvalue weighted by Crippen LogP contribution is 2.27. The van der Waals surface area contributed by atoms with Gasteiger partial charge in [-0.15, -0.1) is 0 Å². The van der Waals surface area contributed by atoms with Gasteiger partial charge >= 0.3 is 0 Å². The van der Waals surface area contributed by atoms with E-state index in [-0.39, 0.29) is 6.04 Å². The Kier molecular flexibility index (Phi) is 4.10. The van der Waals surface area contributed by atoms with Gasteiger partial charge in [0.05, 0.1) is 6.04 Å². The lowest BCUT2D eigenvalue weighted by Gasteiger charge is -2.35. The number of aromatic nitrogens is 2. The van der Waals surface area contributed by atoms with Crippen molar-refractivity contribution in [1.29, 1.82) is 0 Å². The molecule has 2 aliphatic rings. The minimum atomic E-state index is 0.272. The fraction of sp³-hybridized carbons (Fsp3) is 0.474. The molecule has 4 rings (SSSR count). The Labute approximate surface area is 138 Å². The summed E-state index contributed by atoms with van der Waals surface area (Å²) in [5, 5.41) is 3.51. The van der Waals surface area contributed by atoms with Crippen LogP contribution >= 0.6 is 0 Å². The van der Waals surface area contributed by atoms with E-state index in [0.29, 0.717) is 0 Å². The van der Waals surface area contributed by atoms with Crippen molar-refractivity contribution in [2.75, 3.05) is 19.6 Å². The summed E-state index contributed by atoms with van der Waals surface area (Å²) >= 11 is 0. The first-order chi connectivity index (χ1) is 11.3. The fourth-order valence-electron chi connectivity index (χ4n) is 3.80. The molecule has 1 aliphatic heterocycles. The largest absolute Gasteiger partial charge is 0.313 e. The molecule has 1 unspecified atom stereocenters. The molecule has 1 aromatic carbocycles. The summed E-state index contributed by atoms with van der Waals surface area (Å²) in [7, 11) is 0. The molecule has 0 radical (unpaired) electrons. The van der Waals surface area contributed by atoms with Gasteiger partial charge < -0.3 is 5.32 Å². The highest BCUT2D eigenvalue weighted by Gasteiger charge is 2.28. The molecule has 4 heteroatoms. The second-order valence-electron chi connectivity index (χ2n) is 6.62. The van der Waals surface area contributed by atoms with E-state index in [1.54, 1.807) is 0 Å². The minimum Gasteiger partial charge on any atom is -0.313 e. The van der Waals surface area contributed by atoms with Gasteiger partial charge in [-0.2, -0.15) is 0 Å². The highest BCUT2D eigenvalue weighted by atomic mass is 15.2. The Morgan fingerprint density at radius 1 is 1.17 bits per heavy atom. The van der Waals surface area contributed by atoms with E-state index >= 15 is 0 Å². The Balaban J connectivity index is 1.62. The van der Waals surface area contributed by atoms with Crippen molar-refractivity contribution >= 4 is 0 Å². The molecular formula is C19H24N4. The molecule has 0 saturated carbocycles. The molecule has 120 valence electrons. The molecule has 0 bridgehead atoms. The predicted octanol–water partition coefficient (Wildman–Crippen LogP) is 2.42. The van der Waals surface area contributed by atoms with Crippen LogP contribution in [0.2, 0.25) is 0 Å². The number of hydrogen-bond acceptors (Lipinski definition) is 4. The van der Waals surface area contributed by atoms with Crippen LogP contribution in [0.25, 0.3) is 0 Å². The third-order valence-corrected chi connectivity index (χ3v) is 5.04. The molecule has 1 atom stereocenters. The van der Waals surface area contributed by atoms with Crippen LogP contribution in [-0.2, 0) is 19.4 Å². The van der Waals surface area contributed by atoms with Gasteiger partial charge in [-0.05, 0) is 37.3 Å². The molecule has 1 aliphatic carbocycles. The number of piperazine rings is 1. The summed E-state index contributed by atoms with van der Waals surface area (Å²) in [5.41, 5.74) is 5.23. The van der Waals surface area contributed by atoms with Gasteiger partial charge in [0.15, 0.2) is 0 Å². The maximum absolute atomic E-state index is 4.94. The topological polar surface area (TPSA) is 41.1 Å². The van der Waals surface area contributed by atoms with Crippen LogP contribution in [0.1, 0.15) is 40.8 Å². The maximum atomic E-state index is 4.94. The van der Waals surface area contributed by atoms with Crippen molar-refractivity contribution in [3.8, 4) is 0 Å². The number of rotatable bonds is 3. The van der Waals surface area contributed by atoms with Crippen LogP contribution in [-0.4, -0.2) is 34.5 Å². The normalized spacial score (nSPS) is 21.3. The summed E-state index contributed by atoms with van der Waals surface area (Å²) in [4.78, 5) is 12.3. The first-order valence-electron chi connectivity index (χ1n) is 8.66. The zero-order chi connectivity index (χ0) is 15.6. The molecule has 0 amide bonds. The lowest BCUT2D eigenvalue weighted by molar-refractivity contribution is 0.146. The zero-order valence-corrected chi connectivity index (χ0v) is 13.8. The quantitative estimate of drug-likeness (QED) is 0.945. The van der Waals surface area contributed by atoms with E-state index in [1.165, 1.54) is 28.9 Å². The molecule has 1 fully saturated rings. The average Bonchev–Trinajstić information content (AvgIpc) is 3.05. The smallest absolute Gasteiger partial charge is 0.147 e. The Morgan fingerprint density at radius 2 is 2.04 bits per heavy atom. The van der Waals surface area contributed by atoms with Gasteiger partial charge in [-0.3, -0.25) is 4.90 Å². The molecule has 2 heterocycles. The van der Waals surface area contributed by atoms with Gasteiger partial charge in [0.2, 0.25) is 0 Å². The van der Waals surface area contributed by atoms with E-state index in [9.17, 15) is 0 Å². The number of aryl methyl sites for hydroxylation is 2. The van der Waals surface area contributed by atoms with E-state index < -0.39 is 0 Å². The molecule has 1 N–H and O–H groups in total.